The third-order valence-electron chi connectivity index (χ3n) is 4.53. The molecular formula is C21H20ClN3O2S. The van der Waals surface area contributed by atoms with Crippen LogP contribution in [0, 0.1) is 0 Å². The molecule has 0 unspecified atom stereocenters. The van der Waals surface area contributed by atoms with E-state index in [1.54, 1.807) is 22.8 Å². The zero-order valence-corrected chi connectivity index (χ0v) is 16.8. The first kappa shape index (κ1) is 19.0. The van der Waals surface area contributed by atoms with Crippen molar-refractivity contribution >= 4 is 40.2 Å². The Kier molecular flexibility index (Phi) is 5.69. The number of carbonyl (C=O) groups excluding carboxylic acids is 1. The Bertz CT molecular complexity index is 1080. The van der Waals surface area contributed by atoms with Gasteiger partial charge in [-0.2, -0.15) is 0 Å². The highest BCUT2D eigenvalue weighted by molar-refractivity contribution is 7.99. The van der Waals surface area contributed by atoms with Crippen LogP contribution in [0.4, 0.5) is 0 Å². The highest BCUT2D eigenvalue weighted by Crippen LogP contribution is 2.24. The fourth-order valence-electron chi connectivity index (χ4n) is 2.98. The summed E-state index contributed by atoms with van der Waals surface area (Å²) in [5.41, 5.74) is 1.23. The SMILES string of the molecule is O=C(CCCSc1nc2ccccc2c(=O)n1-c1cccc(Cl)c1)NC1CC1. The Morgan fingerprint density at radius 3 is 2.82 bits per heavy atom. The summed E-state index contributed by atoms with van der Waals surface area (Å²) in [7, 11) is 0. The number of nitrogens with one attached hydrogen (secondary N) is 1. The number of carbonyl (C=O) groups is 1. The molecule has 0 spiro atoms. The molecule has 0 atom stereocenters. The van der Waals surface area contributed by atoms with Gasteiger partial charge in [-0.1, -0.05) is 41.6 Å². The molecule has 28 heavy (non-hydrogen) atoms. The fourth-order valence-corrected chi connectivity index (χ4v) is 4.11. The standard InChI is InChI=1S/C21H20ClN3O2S/c22-14-5-3-6-16(13-14)25-20(27)17-7-1-2-8-18(17)24-21(25)28-12-4-9-19(26)23-15-10-11-15/h1-3,5-8,13,15H,4,9-12H2,(H,23,26). The van der Waals surface area contributed by atoms with Gasteiger partial charge in [0.1, 0.15) is 0 Å². The minimum absolute atomic E-state index is 0.0989. The lowest BCUT2D eigenvalue weighted by atomic mass is 10.2. The van der Waals surface area contributed by atoms with E-state index in [1.165, 1.54) is 11.8 Å². The van der Waals surface area contributed by atoms with Crippen molar-refractivity contribution in [2.24, 2.45) is 0 Å². The molecule has 1 heterocycles. The van der Waals surface area contributed by atoms with Gasteiger partial charge in [0.05, 0.1) is 16.6 Å². The molecule has 1 N–H and O–H groups in total. The first-order valence-corrected chi connectivity index (χ1v) is 10.7. The van der Waals surface area contributed by atoms with Crippen LogP contribution < -0.4 is 10.9 Å². The number of hydrogen-bond acceptors (Lipinski definition) is 4. The second-order valence-corrected chi connectivity index (χ2v) is 8.32. The predicted molar refractivity (Wildman–Crippen MR) is 113 cm³/mol. The van der Waals surface area contributed by atoms with Gasteiger partial charge in [0.15, 0.2) is 5.16 Å². The van der Waals surface area contributed by atoms with Crippen molar-refractivity contribution in [1.82, 2.24) is 14.9 Å². The van der Waals surface area contributed by atoms with Gasteiger partial charge in [-0.05, 0) is 49.6 Å². The van der Waals surface area contributed by atoms with Crippen LogP contribution in [0.5, 0.6) is 0 Å². The Balaban J connectivity index is 1.59. The van der Waals surface area contributed by atoms with Gasteiger partial charge in [-0.3, -0.25) is 14.2 Å². The van der Waals surface area contributed by atoms with E-state index in [2.05, 4.69) is 5.32 Å². The molecule has 1 aromatic heterocycles. The van der Waals surface area contributed by atoms with Crippen molar-refractivity contribution in [3.63, 3.8) is 0 Å². The van der Waals surface area contributed by atoms with Crippen LogP contribution >= 0.6 is 23.4 Å². The molecule has 0 aliphatic heterocycles. The maximum Gasteiger partial charge on any atom is 0.266 e. The van der Waals surface area contributed by atoms with Crippen LogP contribution in [0.1, 0.15) is 25.7 Å². The van der Waals surface area contributed by atoms with Crippen molar-refractivity contribution in [2.45, 2.75) is 36.9 Å². The van der Waals surface area contributed by atoms with Crippen LogP contribution in [0.3, 0.4) is 0 Å². The number of rotatable bonds is 7. The number of benzene rings is 2. The van der Waals surface area contributed by atoms with Crippen molar-refractivity contribution in [3.05, 3.63) is 63.9 Å². The maximum absolute atomic E-state index is 13.1. The molecule has 2 aromatic carbocycles. The second kappa shape index (κ2) is 8.37. The minimum Gasteiger partial charge on any atom is -0.353 e. The molecule has 1 amide bonds. The predicted octanol–water partition coefficient (Wildman–Crippen LogP) is 4.19. The first-order valence-electron chi connectivity index (χ1n) is 9.32. The third-order valence-corrected chi connectivity index (χ3v) is 5.79. The monoisotopic (exact) mass is 413 g/mol. The van der Waals surface area contributed by atoms with Gasteiger partial charge in [-0.25, -0.2) is 4.98 Å². The van der Waals surface area contributed by atoms with E-state index >= 15 is 0 Å². The van der Waals surface area contributed by atoms with Crippen LogP contribution in [0.25, 0.3) is 16.6 Å². The van der Waals surface area contributed by atoms with Gasteiger partial charge < -0.3 is 5.32 Å². The van der Waals surface area contributed by atoms with E-state index in [9.17, 15) is 9.59 Å². The summed E-state index contributed by atoms with van der Waals surface area (Å²) in [4.78, 5) is 29.7. The molecule has 1 fully saturated rings. The number of nitrogens with zero attached hydrogens (tertiary/aromatic N) is 2. The van der Waals surface area contributed by atoms with E-state index in [0.717, 1.165) is 19.3 Å². The number of aromatic nitrogens is 2. The lowest BCUT2D eigenvalue weighted by Gasteiger charge is -2.13. The van der Waals surface area contributed by atoms with Crippen molar-refractivity contribution in [3.8, 4) is 5.69 Å². The van der Waals surface area contributed by atoms with Crippen molar-refractivity contribution in [2.75, 3.05) is 5.75 Å². The average Bonchev–Trinajstić information content (AvgIpc) is 3.49. The summed E-state index contributed by atoms with van der Waals surface area (Å²) < 4.78 is 1.60. The zero-order chi connectivity index (χ0) is 19.5. The van der Waals surface area contributed by atoms with Crippen molar-refractivity contribution < 1.29 is 4.79 Å². The lowest BCUT2D eigenvalue weighted by Crippen LogP contribution is -2.25. The van der Waals surface area contributed by atoms with E-state index in [4.69, 9.17) is 16.6 Å². The summed E-state index contributed by atoms with van der Waals surface area (Å²) in [6.45, 7) is 0. The lowest BCUT2D eigenvalue weighted by molar-refractivity contribution is -0.121. The van der Waals surface area contributed by atoms with Crippen LogP contribution in [-0.4, -0.2) is 27.3 Å². The Labute approximate surface area is 172 Å². The van der Waals surface area contributed by atoms with Gasteiger partial charge in [0.2, 0.25) is 5.91 Å². The number of thioether (sulfide) groups is 1. The number of fused-ring (bicyclic) bond motifs is 1. The molecule has 0 radical (unpaired) electrons. The molecule has 7 heteroatoms. The van der Waals surface area contributed by atoms with Gasteiger partial charge in [0.25, 0.3) is 5.56 Å². The zero-order valence-electron chi connectivity index (χ0n) is 15.2. The minimum atomic E-state index is -0.123. The molecule has 4 rings (SSSR count). The summed E-state index contributed by atoms with van der Waals surface area (Å²) in [6, 6.07) is 14.9. The summed E-state index contributed by atoms with van der Waals surface area (Å²) >= 11 is 7.62. The first-order chi connectivity index (χ1) is 13.6. The highest BCUT2D eigenvalue weighted by Gasteiger charge is 2.22. The largest absolute Gasteiger partial charge is 0.353 e. The van der Waals surface area contributed by atoms with Crippen LogP contribution in [-0.2, 0) is 4.79 Å². The molecule has 1 aliphatic carbocycles. The Morgan fingerprint density at radius 2 is 2.04 bits per heavy atom. The molecule has 1 saturated carbocycles. The summed E-state index contributed by atoms with van der Waals surface area (Å²) in [6.07, 6.45) is 3.39. The van der Waals surface area contributed by atoms with E-state index in [1.807, 2.05) is 30.3 Å². The molecule has 144 valence electrons. The summed E-state index contributed by atoms with van der Waals surface area (Å²) in [5.74, 6) is 0.797. The smallest absolute Gasteiger partial charge is 0.266 e. The number of amides is 1. The van der Waals surface area contributed by atoms with Gasteiger partial charge in [-0.15, -0.1) is 0 Å². The number of halogens is 1. The highest BCUT2D eigenvalue weighted by atomic mass is 35.5. The molecule has 5 nitrogen and oxygen atoms in total. The number of hydrogen-bond donors (Lipinski definition) is 1. The Hall–Kier alpha value is -2.31. The van der Waals surface area contributed by atoms with Gasteiger partial charge >= 0.3 is 0 Å². The second-order valence-electron chi connectivity index (χ2n) is 6.83. The molecular weight excluding hydrogens is 394 g/mol. The maximum atomic E-state index is 13.1. The quantitative estimate of drug-likeness (QED) is 0.358. The molecule has 0 saturated heterocycles. The number of para-hydroxylation sites is 1. The van der Waals surface area contributed by atoms with E-state index in [-0.39, 0.29) is 11.5 Å². The van der Waals surface area contributed by atoms with Crippen molar-refractivity contribution in [1.29, 1.82) is 0 Å². The van der Waals surface area contributed by atoms with E-state index in [0.29, 0.717) is 45.0 Å². The molecule has 1 aliphatic rings. The van der Waals surface area contributed by atoms with Crippen LogP contribution in [0.15, 0.2) is 58.5 Å². The fraction of sp³-hybridized carbons (Fsp3) is 0.286. The molecule has 3 aromatic rings. The van der Waals surface area contributed by atoms with Gasteiger partial charge in [0, 0.05) is 23.2 Å². The molecule has 0 bridgehead atoms. The Morgan fingerprint density at radius 1 is 1.21 bits per heavy atom. The normalized spacial score (nSPS) is 13.6. The topological polar surface area (TPSA) is 64.0 Å². The summed E-state index contributed by atoms with van der Waals surface area (Å²) in [5, 5.41) is 4.73. The average molecular weight is 414 g/mol. The third kappa shape index (κ3) is 4.39. The van der Waals surface area contributed by atoms with E-state index < -0.39 is 0 Å². The van der Waals surface area contributed by atoms with Crippen LogP contribution in [0.2, 0.25) is 5.02 Å².